The number of hydrogen-bond donors (Lipinski definition) is 0. The Bertz CT molecular complexity index is 493. The van der Waals surface area contributed by atoms with Gasteiger partial charge >= 0.3 is 0 Å². The van der Waals surface area contributed by atoms with E-state index in [0.717, 1.165) is 0 Å². The molecule has 0 radical (unpaired) electrons. The quantitative estimate of drug-likeness (QED) is 0.464. The van der Waals surface area contributed by atoms with Crippen molar-refractivity contribution in [2.45, 2.75) is 13.8 Å². The fourth-order valence-corrected chi connectivity index (χ4v) is 1.38. The van der Waals surface area contributed by atoms with Gasteiger partial charge in [0, 0.05) is 36.7 Å². The lowest BCUT2D eigenvalue weighted by Crippen LogP contribution is -2.29. The molecule has 0 atom stereocenters. The molecule has 94 valence electrons. The molecular weight excluding hydrogens is 232 g/mol. The summed E-state index contributed by atoms with van der Waals surface area (Å²) >= 11 is 0. The molecule has 1 amide bonds. The molecule has 0 aliphatic heterocycles. The van der Waals surface area contributed by atoms with Gasteiger partial charge in [0.15, 0.2) is 0 Å². The monoisotopic (exact) mass is 246 g/mol. The van der Waals surface area contributed by atoms with E-state index in [2.05, 4.69) is 11.8 Å². The van der Waals surface area contributed by atoms with Gasteiger partial charge < -0.3 is 4.90 Å². The lowest BCUT2D eigenvalue weighted by atomic mass is 10.2. The number of rotatable bonds is 3. The second kappa shape index (κ2) is 6.40. The molecule has 18 heavy (non-hydrogen) atoms. The van der Waals surface area contributed by atoms with Crippen LogP contribution in [0.5, 0.6) is 0 Å². The first-order valence-corrected chi connectivity index (χ1v) is 5.63. The van der Waals surface area contributed by atoms with Crippen LogP contribution < -0.4 is 0 Å². The summed E-state index contributed by atoms with van der Waals surface area (Å²) in [5.74, 6) is 4.97. The first kappa shape index (κ1) is 13.7. The van der Waals surface area contributed by atoms with Crippen LogP contribution >= 0.6 is 0 Å². The molecule has 5 nitrogen and oxygen atoms in total. The number of amides is 1. The Hall–Kier alpha value is -2.35. The smallest absolute Gasteiger partial charge is 0.298 e. The minimum Gasteiger partial charge on any atom is -0.332 e. The maximum Gasteiger partial charge on any atom is 0.298 e. The van der Waals surface area contributed by atoms with Crippen LogP contribution in [0.25, 0.3) is 0 Å². The summed E-state index contributed by atoms with van der Waals surface area (Å²) < 4.78 is 0. The largest absolute Gasteiger partial charge is 0.332 e. The van der Waals surface area contributed by atoms with Crippen molar-refractivity contribution in [2.75, 3.05) is 13.1 Å². The third-order valence-electron chi connectivity index (χ3n) is 2.44. The average molecular weight is 246 g/mol. The van der Waals surface area contributed by atoms with Crippen molar-refractivity contribution in [3.8, 4) is 11.8 Å². The molecule has 0 bridgehead atoms. The normalized spacial score (nSPS) is 9.22. The van der Waals surface area contributed by atoms with Gasteiger partial charge in [-0.3, -0.25) is 14.9 Å². The van der Waals surface area contributed by atoms with Crippen molar-refractivity contribution in [1.82, 2.24) is 4.90 Å². The van der Waals surface area contributed by atoms with Crippen LogP contribution in [0.2, 0.25) is 0 Å². The first-order valence-electron chi connectivity index (χ1n) is 5.63. The minimum absolute atomic E-state index is 0.00983. The molecule has 0 spiro atoms. The molecule has 5 heteroatoms. The number of carbonyl (C=O) groups is 1. The van der Waals surface area contributed by atoms with E-state index in [-0.39, 0.29) is 11.6 Å². The van der Waals surface area contributed by atoms with E-state index in [9.17, 15) is 14.9 Å². The summed E-state index contributed by atoms with van der Waals surface area (Å²) in [6.07, 6.45) is 0. The molecule has 1 aromatic carbocycles. The van der Waals surface area contributed by atoms with E-state index in [4.69, 9.17) is 0 Å². The van der Waals surface area contributed by atoms with Gasteiger partial charge in [0.2, 0.25) is 0 Å². The fraction of sp³-hybridized carbons (Fsp3) is 0.308. The second-order valence-electron chi connectivity index (χ2n) is 3.53. The molecule has 1 aromatic rings. The molecule has 0 saturated carbocycles. The van der Waals surface area contributed by atoms with Crippen molar-refractivity contribution >= 4 is 11.6 Å². The van der Waals surface area contributed by atoms with Gasteiger partial charge in [0.05, 0.1) is 4.92 Å². The van der Waals surface area contributed by atoms with E-state index >= 15 is 0 Å². The highest BCUT2D eigenvalue weighted by atomic mass is 16.6. The van der Waals surface area contributed by atoms with Crippen LogP contribution in [-0.4, -0.2) is 28.8 Å². The maximum absolute atomic E-state index is 11.6. The highest BCUT2D eigenvalue weighted by Crippen LogP contribution is 2.10. The molecule has 1 rings (SSSR count). The predicted molar refractivity (Wildman–Crippen MR) is 67.9 cm³/mol. The molecule has 0 aliphatic rings. The topological polar surface area (TPSA) is 63.5 Å². The van der Waals surface area contributed by atoms with Gasteiger partial charge in [-0.25, -0.2) is 0 Å². The summed E-state index contributed by atoms with van der Waals surface area (Å²) in [7, 11) is 0. The highest BCUT2D eigenvalue weighted by molar-refractivity contribution is 5.94. The lowest BCUT2D eigenvalue weighted by Gasteiger charge is -2.14. The first-order chi connectivity index (χ1) is 8.58. The molecule has 0 unspecified atom stereocenters. The van der Waals surface area contributed by atoms with Gasteiger partial charge in [0.1, 0.15) is 0 Å². The summed E-state index contributed by atoms with van der Waals surface area (Å²) in [5.41, 5.74) is 0.594. The number of nitro groups is 1. The summed E-state index contributed by atoms with van der Waals surface area (Å²) in [6, 6.07) is 5.79. The van der Waals surface area contributed by atoms with Crippen LogP contribution in [0.1, 0.15) is 19.4 Å². The molecule has 0 aromatic heterocycles. The number of benzene rings is 1. The fourth-order valence-electron chi connectivity index (χ4n) is 1.38. The number of hydrogen-bond acceptors (Lipinski definition) is 3. The van der Waals surface area contributed by atoms with E-state index in [0.29, 0.717) is 18.7 Å². The molecule has 0 aliphatic carbocycles. The SMILES string of the molecule is CCN(CC)C(=O)C#Cc1ccc([N+](=O)[O-])cc1. The van der Waals surface area contributed by atoms with E-state index < -0.39 is 4.92 Å². The standard InChI is InChI=1S/C13H14N2O3/c1-3-14(4-2)13(16)10-7-11-5-8-12(9-6-11)15(17)18/h5-6,8-9H,3-4H2,1-2H3. The van der Waals surface area contributed by atoms with Crippen LogP contribution in [0.4, 0.5) is 5.69 Å². The number of carbonyl (C=O) groups excluding carboxylic acids is 1. The van der Waals surface area contributed by atoms with Gasteiger partial charge in [-0.05, 0) is 26.0 Å². The zero-order valence-electron chi connectivity index (χ0n) is 10.3. The molecule has 0 heterocycles. The summed E-state index contributed by atoms with van der Waals surface area (Å²) in [6.45, 7) is 5.00. The highest BCUT2D eigenvalue weighted by Gasteiger charge is 2.05. The van der Waals surface area contributed by atoms with Crippen molar-refractivity contribution in [3.63, 3.8) is 0 Å². The average Bonchev–Trinajstić information content (AvgIpc) is 2.38. The maximum atomic E-state index is 11.6. The van der Waals surface area contributed by atoms with Crippen LogP contribution in [0.3, 0.4) is 0 Å². The van der Waals surface area contributed by atoms with E-state index in [1.807, 2.05) is 13.8 Å². The van der Waals surface area contributed by atoms with E-state index in [1.165, 1.54) is 24.3 Å². The Morgan fingerprint density at radius 2 is 1.83 bits per heavy atom. The van der Waals surface area contributed by atoms with Crippen molar-refractivity contribution < 1.29 is 9.72 Å². The third kappa shape index (κ3) is 3.59. The van der Waals surface area contributed by atoms with E-state index in [1.54, 1.807) is 4.90 Å². The van der Waals surface area contributed by atoms with Gasteiger partial charge in [-0.1, -0.05) is 5.92 Å². The summed E-state index contributed by atoms with van der Waals surface area (Å²) in [4.78, 5) is 23.2. The third-order valence-corrected chi connectivity index (χ3v) is 2.44. The lowest BCUT2D eigenvalue weighted by molar-refractivity contribution is -0.384. The molecule has 0 fully saturated rings. The molecule has 0 saturated heterocycles. The Kier molecular flexibility index (Phi) is 4.88. The number of non-ortho nitro benzene ring substituents is 1. The zero-order chi connectivity index (χ0) is 13.5. The van der Waals surface area contributed by atoms with Gasteiger partial charge in [-0.15, -0.1) is 0 Å². The molecule has 0 N–H and O–H groups in total. The number of nitrogens with zero attached hydrogens (tertiary/aromatic N) is 2. The zero-order valence-corrected chi connectivity index (χ0v) is 10.3. The van der Waals surface area contributed by atoms with Crippen LogP contribution in [0, 0.1) is 22.0 Å². The number of nitro benzene ring substituents is 1. The Morgan fingerprint density at radius 1 is 1.28 bits per heavy atom. The summed E-state index contributed by atoms with van der Waals surface area (Å²) in [5, 5.41) is 10.5. The Morgan fingerprint density at radius 3 is 2.28 bits per heavy atom. The van der Waals surface area contributed by atoms with Gasteiger partial charge in [0.25, 0.3) is 11.6 Å². The Labute approximate surface area is 106 Å². The van der Waals surface area contributed by atoms with Crippen molar-refractivity contribution in [3.05, 3.63) is 39.9 Å². The van der Waals surface area contributed by atoms with Crippen molar-refractivity contribution in [1.29, 1.82) is 0 Å². The molecular formula is C13H14N2O3. The predicted octanol–water partition coefficient (Wildman–Crippen LogP) is 1.81. The van der Waals surface area contributed by atoms with Crippen LogP contribution in [-0.2, 0) is 4.79 Å². The minimum atomic E-state index is -0.474. The Balaban J connectivity index is 2.79. The van der Waals surface area contributed by atoms with Gasteiger partial charge in [-0.2, -0.15) is 0 Å². The van der Waals surface area contributed by atoms with Crippen LogP contribution in [0.15, 0.2) is 24.3 Å². The second-order valence-corrected chi connectivity index (χ2v) is 3.53. The van der Waals surface area contributed by atoms with Crippen molar-refractivity contribution in [2.24, 2.45) is 0 Å².